The van der Waals surface area contributed by atoms with Gasteiger partial charge in [-0.2, -0.15) is 0 Å². The second-order valence-electron chi connectivity index (χ2n) is 4.05. The Balaban J connectivity index is 2.48. The second-order valence-corrected chi connectivity index (χ2v) is 4.05. The minimum Gasteiger partial charge on any atom is -0.330 e. The molecule has 0 aliphatic rings. The molecule has 1 rings (SSSR count). The van der Waals surface area contributed by atoms with Crippen LogP contribution in [-0.4, -0.2) is 32.1 Å². The third kappa shape index (κ3) is 3.90. The highest BCUT2D eigenvalue weighted by Crippen LogP contribution is 2.08. The summed E-state index contributed by atoms with van der Waals surface area (Å²) in [6, 6.07) is 10.5. The molecule has 0 aliphatic carbocycles. The lowest BCUT2D eigenvalue weighted by Crippen LogP contribution is -2.29. The number of hydrogen-bond donors (Lipinski definition) is 1. The topological polar surface area (TPSA) is 29.3 Å². The molecule has 0 amide bonds. The van der Waals surface area contributed by atoms with Crippen LogP contribution in [0.15, 0.2) is 30.3 Å². The summed E-state index contributed by atoms with van der Waals surface area (Å²) in [5, 5.41) is 0. The number of rotatable bonds is 5. The largest absolute Gasteiger partial charge is 0.330 e. The predicted molar refractivity (Wildman–Crippen MR) is 61.2 cm³/mol. The zero-order valence-corrected chi connectivity index (χ0v) is 9.11. The lowest BCUT2D eigenvalue weighted by atomic mass is 9.99. The molecule has 0 saturated carbocycles. The van der Waals surface area contributed by atoms with E-state index in [2.05, 4.69) is 43.3 Å². The Hall–Kier alpha value is -0.860. The van der Waals surface area contributed by atoms with Crippen molar-refractivity contribution in [1.82, 2.24) is 4.90 Å². The molecule has 0 fully saturated rings. The van der Waals surface area contributed by atoms with Gasteiger partial charge in [0, 0.05) is 6.54 Å². The molecule has 0 spiro atoms. The van der Waals surface area contributed by atoms with Crippen molar-refractivity contribution in [2.75, 3.05) is 27.2 Å². The van der Waals surface area contributed by atoms with Gasteiger partial charge in [0.1, 0.15) is 0 Å². The van der Waals surface area contributed by atoms with Crippen molar-refractivity contribution in [1.29, 1.82) is 0 Å². The summed E-state index contributed by atoms with van der Waals surface area (Å²) in [6.07, 6.45) is 1.08. The number of nitrogens with two attached hydrogens (primary N) is 1. The SMILES string of the molecule is CN(C)CC(CN)Cc1ccccc1. The highest BCUT2D eigenvalue weighted by atomic mass is 15.1. The molecule has 1 atom stereocenters. The van der Waals surface area contributed by atoms with Gasteiger partial charge >= 0.3 is 0 Å². The molecule has 0 radical (unpaired) electrons. The van der Waals surface area contributed by atoms with Gasteiger partial charge in [0.25, 0.3) is 0 Å². The van der Waals surface area contributed by atoms with E-state index in [4.69, 9.17) is 5.73 Å². The second kappa shape index (κ2) is 5.78. The molecule has 2 nitrogen and oxygen atoms in total. The summed E-state index contributed by atoms with van der Waals surface area (Å²) >= 11 is 0. The smallest absolute Gasteiger partial charge is 0.00188 e. The Bertz CT molecular complexity index is 244. The van der Waals surface area contributed by atoms with Crippen LogP contribution in [0.3, 0.4) is 0 Å². The summed E-state index contributed by atoms with van der Waals surface area (Å²) in [7, 11) is 4.18. The summed E-state index contributed by atoms with van der Waals surface area (Å²) in [5.41, 5.74) is 7.12. The first-order valence-corrected chi connectivity index (χ1v) is 5.11. The van der Waals surface area contributed by atoms with Gasteiger partial charge in [-0.3, -0.25) is 0 Å². The first-order chi connectivity index (χ1) is 6.72. The average molecular weight is 192 g/mol. The molecule has 2 heteroatoms. The lowest BCUT2D eigenvalue weighted by Gasteiger charge is -2.19. The van der Waals surface area contributed by atoms with E-state index in [9.17, 15) is 0 Å². The first kappa shape index (κ1) is 11.2. The van der Waals surface area contributed by atoms with E-state index in [-0.39, 0.29) is 0 Å². The predicted octanol–water partition coefficient (Wildman–Crippen LogP) is 1.37. The van der Waals surface area contributed by atoms with Crippen LogP contribution >= 0.6 is 0 Å². The molecule has 0 heterocycles. The third-order valence-corrected chi connectivity index (χ3v) is 2.32. The number of nitrogens with zero attached hydrogens (tertiary/aromatic N) is 1. The molecule has 14 heavy (non-hydrogen) atoms. The van der Waals surface area contributed by atoms with E-state index >= 15 is 0 Å². The van der Waals surface area contributed by atoms with Gasteiger partial charge in [0.05, 0.1) is 0 Å². The summed E-state index contributed by atoms with van der Waals surface area (Å²) in [4.78, 5) is 2.19. The van der Waals surface area contributed by atoms with Crippen molar-refractivity contribution in [3.8, 4) is 0 Å². The fourth-order valence-electron chi connectivity index (χ4n) is 1.69. The van der Waals surface area contributed by atoms with E-state index < -0.39 is 0 Å². The van der Waals surface area contributed by atoms with Crippen LogP contribution in [0.2, 0.25) is 0 Å². The van der Waals surface area contributed by atoms with Crippen LogP contribution in [0, 0.1) is 5.92 Å². The molecule has 1 unspecified atom stereocenters. The summed E-state index contributed by atoms with van der Waals surface area (Å²) < 4.78 is 0. The highest BCUT2D eigenvalue weighted by molar-refractivity contribution is 5.15. The summed E-state index contributed by atoms with van der Waals surface area (Å²) in [5.74, 6) is 0.562. The van der Waals surface area contributed by atoms with Crippen LogP contribution in [-0.2, 0) is 6.42 Å². The standard InChI is InChI=1S/C12H20N2/c1-14(2)10-12(9-13)8-11-6-4-3-5-7-11/h3-7,12H,8-10,13H2,1-2H3. The van der Waals surface area contributed by atoms with Gasteiger partial charge in [-0.25, -0.2) is 0 Å². The van der Waals surface area contributed by atoms with E-state index in [0.29, 0.717) is 5.92 Å². The lowest BCUT2D eigenvalue weighted by molar-refractivity contribution is 0.327. The minimum atomic E-state index is 0.562. The van der Waals surface area contributed by atoms with Gasteiger partial charge in [0.15, 0.2) is 0 Å². The van der Waals surface area contributed by atoms with Crippen molar-refractivity contribution in [3.63, 3.8) is 0 Å². The Morgan fingerprint density at radius 1 is 1.21 bits per heavy atom. The van der Waals surface area contributed by atoms with Gasteiger partial charge in [0.2, 0.25) is 0 Å². The van der Waals surface area contributed by atoms with Gasteiger partial charge in [-0.1, -0.05) is 30.3 Å². The van der Waals surface area contributed by atoms with Crippen molar-refractivity contribution in [3.05, 3.63) is 35.9 Å². The zero-order chi connectivity index (χ0) is 10.4. The molecule has 2 N–H and O–H groups in total. The molecule has 1 aromatic carbocycles. The maximum atomic E-state index is 5.74. The Morgan fingerprint density at radius 3 is 2.36 bits per heavy atom. The fraction of sp³-hybridized carbons (Fsp3) is 0.500. The molecule has 78 valence electrons. The van der Waals surface area contributed by atoms with Crippen LogP contribution < -0.4 is 5.73 Å². The maximum absolute atomic E-state index is 5.74. The Labute approximate surface area is 86.7 Å². The van der Waals surface area contributed by atoms with Crippen molar-refractivity contribution in [2.45, 2.75) is 6.42 Å². The maximum Gasteiger partial charge on any atom is 0.00188 e. The minimum absolute atomic E-state index is 0.562. The summed E-state index contributed by atoms with van der Waals surface area (Å²) in [6.45, 7) is 1.82. The van der Waals surface area contributed by atoms with Crippen LogP contribution in [0.5, 0.6) is 0 Å². The van der Waals surface area contributed by atoms with E-state index in [1.807, 2.05) is 6.07 Å². The molecule has 0 aliphatic heterocycles. The quantitative estimate of drug-likeness (QED) is 0.763. The van der Waals surface area contributed by atoms with E-state index in [0.717, 1.165) is 19.5 Å². The highest BCUT2D eigenvalue weighted by Gasteiger charge is 2.08. The van der Waals surface area contributed by atoms with Crippen molar-refractivity contribution >= 4 is 0 Å². The monoisotopic (exact) mass is 192 g/mol. The molecule has 0 aromatic heterocycles. The Kier molecular flexibility index (Phi) is 4.63. The van der Waals surface area contributed by atoms with Crippen LogP contribution in [0.1, 0.15) is 5.56 Å². The molecular weight excluding hydrogens is 172 g/mol. The normalized spacial score (nSPS) is 13.1. The van der Waals surface area contributed by atoms with Gasteiger partial charge in [-0.15, -0.1) is 0 Å². The third-order valence-electron chi connectivity index (χ3n) is 2.32. The van der Waals surface area contributed by atoms with Crippen LogP contribution in [0.25, 0.3) is 0 Å². The molecule has 1 aromatic rings. The van der Waals surface area contributed by atoms with E-state index in [1.54, 1.807) is 0 Å². The molecule has 0 saturated heterocycles. The van der Waals surface area contributed by atoms with Crippen molar-refractivity contribution < 1.29 is 0 Å². The van der Waals surface area contributed by atoms with Gasteiger partial charge in [-0.05, 0) is 38.5 Å². The first-order valence-electron chi connectivity index (χ1n) is 5.11. The fourth-order valence-corrected chi connectivity index (χ4v) is 1.69. The Morgan fingerprint density at radius 2 is 1.86 bits per heavy atom. The number of benzene rings is 1. The average Bonchev–Trinajstić information content (AvgIpc) is 2.17. The van der Waals surface area contributed by atoms with Gasteiger partial charge < -0.3 is 10.6 Å². The van der Waals surface area contributed by atoms with Crippen LogP contribution in [0.4, 0.5) is 0 Å². The van der Waals surface area contributed by atoms with E-state index in [1.165, 1.54) is 5.56 Å². The molecule has 0 bridgehead atoms. The molecular formula is C12H20N2. The number of hydrogen-bond acceptors (Lipinski definition) is 2. The van der Waals surface area contributed by atoms with Crippen molar-refractivity contribution in [2.24, 2.45) is 11.7 Å². The zero-order valence-electron chi connectivity index (χ0n) is 9.11.